The molecular formula is C21H26FNO4S. The molecule has 0 radical (unpaired) electrons. The lowest BCUT2D eigenvalue weighted by molar-refractivity contribution is -0.166. The third-order valence-corrected chi connectivity index (χ3v) is 8.96. The minimum absolute atomic E-state index is 0.112. The zero-order valence-electron chi connectivity index (χ0n) is 16.1. The lowest BCUT2D eigenvalue weighted by Crippen LogP contribution is -2.53. The molecular weight excluding hydrogens is 381 g/mol. The van der Waals surface area contributed by atoms with Gasteiger partial charge in [-0.05, 0) is 75.6 Å². The standard InChI is InChI=1S/C21H26FNO4S/c1-14-12-15(2-3-17(14)22)28(27)16-4-11-23(13-16)18(24)20-5-8-21(9-6-20,10-7-20)19(25)26/h2-3,12,16H,4-11,13H2,1H3,(H,25,26). The number of carboxylic acids is 1. The molecule has 1 saturated heterocycles. The number of hydrogen-bond acceptors (Lipinski definition) is 3. The fraction of sp³-hybridized carbons (Fsp3) is 0.619. The highest BCUT2D eigenvalue weighted by molar-refractivity contribution is 7.85. The summed E-state index contributed by atoms with van der Waals surface area (Å²) in [6.07, 6.45) is 4.31. The van der Waals surface area contributed by atoms with Crippen LogP contribution in [0.4, 0.5) is 4.39 Å². The van der Waals surface area contributed by atoms with Crippen LogP contribution in [0.3, 0.4) is 0 Å². The molecule has 152 valence electrons. The number of aliphatic carboxylic acids is 1. The van der Waals surface area contributed by atoms with E-state index in [0.717, 1.165) is 0 Å². The van der Waals surface area contributed by atoms with Gasteiger partial charge in [-0.25, -0.2) is 4.39 Å². The molecule has 2 atom stereocenters. The number of rotatable bonds is 4. The quantitative estimate of drug-likeness (QED) is 0.831. The lowest BCUT2D eigenvalue weighted by atomic mass is 9.53. The molecule has 1 amide bonds. The van der Waals surface area contributed by atoms with Crippen LogP contribution in [0, 0.1) is 23.6 Å². The Bertz CT molecular complexity index is 830. The molecule has 2 bridgehead atoms. The molecule has 1 aromatic rings. The van der Waals surface area contributed by atoms with E-state index in [1.807, 2.05) is 4.90 Å². The number of fused-ring (bicyclic) bond motifs is 3. The molecule has 1 heterocycles. The van der Waals surface area contributed by atoms with Gasteiger partial charge >= 0.3 is 5.97 Å². The van der Waals surface area contributed by atoms with Gasteiger partial charge in [-0.2, -0.15) is 0 Å². The highest BCUT2D eigenvalue weighted by atomic mass is 32.2. The van der Waals surface area contributed by atoms with Crippen LogP contribution in [0.25, 0.3) is 0 Å². The van der Waals surface area contributed by atoms with Crippen molar-refractivity contribution in [3.8, 4) is 0 Å². The van der Waals surface area contributed by atoms with Gasteiger partial charge in [-0.15, -0.1) is 0 Å². The number of hydrogen-bond donors (Lipinski definition) is 1. The Kier molecular flexibility index (Phi) is 4.84. The molecule has 4 aliphatic rings. The van der Waals surface area contributed by atoms with Gasteiger partial charge in [0.2, 0.25) is 5.91 Å². The molecule has 3 aliphatic carbocycles. The van der Waals surface area contributed by atoms with Crippen molar-refractivity contribution < 1.29 is 23.3 Å². The molecule has 1 aromatic carbocycles. The average molecular weight is 408 g/mol. The second-order valence-electron chi connectivity index (χ2n) is 8.74. The summed E-state index contributed by atoms with van der Waals surface area (Å²) in [4.78, 5) is 27.3. The first kappa shape index (κ1) is 19.6. The van der Waals surface area contributed by atoms with E-state index in [2.05, 4.69) is 0 Å². The zero-order valence-corrected chi connectivity index (χ0v) is 16.9. The summed E-state index contributed by atoms with van der Waals surface area (Å²) in [5.74, 6) is -0.921. The molecule has 2 unspecified atom stereocenters. The van der Waals surface area contributed by atoms with Gasteiger partial charge < -0.3 is 10.0 Å². The third kappa shape index (κ3) is 3.08. The van der Waals surface area contributed by atoms with Gasteiger partial charge in [0.15, 0.2) is 0 Å². The number of amides is 1. The summed E-state index contributed by atoms with van der Waals surface area (Å²) in [6.45, 7) is 2.69. The summed E-state index contributed by atoms with van der Waals surface area (Å²) in [6, 6.07) is 4.54. The Morgan fingerprint density at radius 1 is 1.14 bits per heavy atom. The first-order chi connectivity index (χ1) is 13.3. The van der Waals surface area contributed by atoms with Gasteiger partial charge in [0, 0.05) is 23.4 Å². The van der Waals surface area contributed by atoms with Gasteiger partial charge in [0.1, 0.15) is 5.82 Å². The Morgan fingerprint density at radius 3 is 2.32 bits per heavy atom. The van der Waals surface area contributed by atoms with Gasteiger partial charge in [0.25, 0.3) is 0 Å². The van der Waals surface area contributed by atoms with Crippen LogP contribution in [0.5, 0.6) is 0 Å². The number of aryl methyl sites for hydroxylation is 1. The van der Waals surface area contributed by atoms with E-state index in [-0.39, 0.29) is 17.0 Å². The fourth-order valence-corrected chi connectivity index (χ4v) is 6.70. The van der Waals surface area contributed by atoms with Crippen molar-refractivity contribution >= 4 is 22.7 Å². The summed E-state index contributed by atoms with van der Waals surface area (Å²) >= 11 is 0. The average Bonchev–Trinajstić information content (AvgIpc) is 3.20. The topological polar surface area (TPSA) is 74.7 Å². The molecule has 28 heavy (non-hydrogen) atoms. The Morgan fingerprint density at radius 2 is 1.75 bits per heavy atom. The summed E-state index contributed by atoms with van der Waals surface area (Å²) in [5.41, 5.74) is -0.584. The summed E-state index contributed by atoms with van der Waals surface area (Å²) < 4.78 is 26.4. The van der Waals surface area contributed by atoms with E-state index in [9.17, 15) is 23.3 Å². The Balaban J connectivity index is 1.43. The first-order valence-corrected chi connectivity index (χ1v) is 11.2. The number of carbonyl (C=O) groups is 2. The number of likely N-dealkylation sites (tertiary alicyclic amines) is 1. The monoisotopic (exact) mass is 407 g/mol. The molecule has 0 spiro atoms. The van der Waals surface area contributed by atoms with E-state index >= 15 is 0 Å². The van der Waals surface area contributed by atoms with Crippen molar-refractivity contribution in [2.45, 2.75) is 62.0 Å². The van der Waals surface area contributed by atoms with E-state index in [0.29, 0.717) is 68.5 Å². The van der Waals surface area contributed by atoms with Crippen LogP contribution in [0.1, 0.15) is 50.5 Å². The van der Waals surface area contributed by atoms with Gasteiger partial charge in [-0.3, -0.25) is 13.8 Å². The Labute approximate surface area is 166 Å². The van der Waals surface area contributed by atoms with Crippen LogP contribution in [-0.2, 0) is 20.4 Å². The second kappa shape index (κ2) is 6.94. The predicted octanol–water partition coefficient (Wildman–Crippen LogP) is 3.27. The second-order valence-corrected chi connectivity index (χ2v) is 10.5. The maximum Gasteiger partial charge on any atom is 0.309 e. The maximum atomic E-state index is 13.5. The van der Waals surface area contributed by atoms with Gasteiger partial charge in [0.05, 0.1) is 21.5 Å². The molecule has 7 heteroatoms. The minimum Gasteiger partial charge on any atom is -0.481 e. The van der Waals surface area contributed by atoms with Crippen molar-refractivity contribution in [2.24, 2.45) is 10.8 Å². The fourth-order valence-electron chi connectivity index (χ4n) is 5.18. The normalized spacial score (nSPS) is 33.1. The Hall–Kier alpha value is -1.76. The molecule has 1 N–H and O–H groups in total. The number of benzene rings is 1. The van der Waals surface area contributed by atoms with Crippen molar-refractivity contribution in [3.05, 3.63) is 29.6 Å². The number of nitrogens with zero attached hydrogens (tertiary/aromatic N) is 1. The molecule has 4 fully saturated rings. The number of carbonyl (C=O) groups excluding carboxylic acids is 1. The lowest BCUT2D eigenvalue weighted by Gasteiger charge is -2.51. The first-order valence-electron chi connectivity index (χ1n) is 9.96. The highest BCUT2D eigenvalue weighted by Gasteiger charge is 2.56. The van der Waals surface area contributed by atoms with Crippen LogP contribution in [-0.4, -0.2) is 44.4 Å². The number of halogens is 1. The molecule has 3 saturated carbocycles. The number of carboxylic acid groups (broad SMARTS) is 1. The summed E-state index contributed by atoms with van der Waals surface area (Å²) in [5, 5.41) is 9.39. The van der Waals surface area contributed by atoms with E-state index in [1.54, 1.807) is 19.1 Å². The molecule has 1 aliphatic heterocycles. The van der Waals surface area contributed by atoms with E-state index in [1.165, 1.54) is 6.07 Å². The van der Waals surface area contributed by atoms with Crippen LogP contribution >= 0.6 is 0 Å². The summed E-state index contributed by atoms with van der Waals surface area (Å²) in [7, 11) is -1.28. The zero-order chi connectivity index (χ0) is 20.1. The van der Waals surface area contributed by atoms with Crippen LogP contribution in [0.2, 0.25) is 0 Å². The smallest absolute Gasteiger partial charge is 0.309 e. The van der Waals surface area contributed by atoms with Crippen molar-refractivity contribution in [2.75, 3.05) is 13.1 Å². The minimum atomic E-state index is -1.28. The van der Waals surface area contributed by atoms with Gasteiger partial charge in [-0.1, -0.05) is 0 Å². The van der Waals surface area contributed by atoms with Crippen LogP contribution < -0.4 is 0 Å². The van der Waals surface area contributed by atoms with E-state index < -0.39 is 27.6 Å². The van der Waals surface area contributed by atoms with Crippen molar-refractivity contribution in [1.29, 1.82) is 0 Å². The molecule has 5 nitrogen and oxygen atoms in total. The third-order valence-electron chi connectivity index (χ3n) is 7.25. The van der Waals surface area contributed by atoms with Crippen LogP contribution in [0.15, 0.2) is 23.1 Å². The highest BCUT2D eigenvalue weighted by Crippen LogP contribution is 2.57. The largest absolute Gasteiger partial charge is 0.481 e. The molecule has 0 aromatic heterocycles. The SMILES string of the molecule is Cc1cc(S(=O)C2CCN(C(=O)C34CCC(C(=O)O)(CC3)CC4)C2)ccc1F. The van der Waals surface area contributed by atoms with E-state index in [4.69, 9.17) is 0 Å². The predicted molar refractivity (Wildman–Crippen MR) is 103 cm³/mol. The molecule has 5 rings (SSSR count). The van der Waals surface area contributed by atoms with Crippen molar-refractivity contribution in [1.82, 2.24) is 4.90 Å². The maximum absolute atomic E-state index is 13.5. The van der Waals surface area contributed by atoms with Crippen molar-refractivity contribution in [3.63, 3.8) is 0 Å².